The predicted octanol–water partition coefficient (Wildman–Crippen LogP) is 3.40. The van der Waals surface area contributed by atoms with Gasteiger partial charge in [-0.15, -0.1) is 0 Å². The van der Waals surface area contributed by atoms with Gasteiger partial charge in [0.05, 0.1) is 0 Å². The van der Waals surface area contributed by atoms with Crippen LogP contribution in [0.25, 0.3) is 0 Å². The van der Waals surface area contributed by atoms with Gasteiger partial charge in [-0.3, -0.25) is 9.59 Å². The van der Waals surface area contributed by atoms with Crippen LogP contribution >= 0.6 is 0 Å². The summed E-state index contributed by atoms with van der Waals surface area (Å²) in [7, 11) is 0. The standard InChI is InChI=1S/C22H24N2O2/c1-2-23(16-17-8-4-3-5-9-17)20(25)22(13-14-22)21(26)24-15-12-18-10-6-7-11-19(18)24/h3-11H,2,12-16H2,1H3. The quantitative estimate of drug-likeness (QED) is 0.777. The van der Waals surface area contributed by atoms with Crippen molar-refractivity contribution in [1.29, 1.82) is 0 Å². The number of carbonyl (C=O) groups is 2. The molecule has 1 saturated carbocycles. The number of hydrogen-bond donors (Lipinski definition) is 0. The van der Waals surface area contributed by atoms with Gasteiger partial charge in [0.15, 0.2) is 0 Å². The smallest absolute Gasteiger partial charge is 0.242 e. The summed E-state index contributed by atoms with van der Waals surface area (Å²) in [5.41, 5.74) is 2.42. The first kappa shape index (κ1) is 16.8. The van der Waals surface area contributed by atoms with Gasteiger partial charge in [-0.05, 0) is 43.4 Å². The van der Waals surface area contributed by atoms with E-state index in [0.29, 0.717) is 32.5 Å². The van der Waals surface area contributed by atoms with Crippen LogP contribution in [-0.4, -0.2) is 29.8 Å². The molecule has 0 unspecified atom stereocenters. The highest BCUT2D eigenvalue weighted by atomic mass is 16.2. The van der Waals surface area contributed by atoms with Gasteiger partial charge in [-0.2, -0.15) is 0 Å². The molecule has 0 aromatic heterocycles. The summed E-state index contributed by atoms with van der Waals surface area (Å²) >= 11 is 0. The van der Waals surface area contributed by atoms with Crippen LogP contribution in [0.5, 0.6) is 0 Å². The van der Waals surface area contributed by atoms with Gasteiger partial charge in [-0.25, -0.2) is 0 Å². The Labute approximate surface area is 154 Å². The maximum Gasteiger partial charge on any atom is 0.242 e. The summed E-state index contributed by atoms with van der Waals surface area (Å²) in [6, 6.07) is 18.0. The van der Waals surface area contributed by atoms with Crippen molar-refractivity contribution in [1.82, 2.24) is 4.90 Å². The Balaban J connectivity index is 1.54. The molecule has 4 heteroatoms. The lowest BCUT2D eigenvalue weighted by Crippen LogP contribution is -2.46. The lowest BCUT2D eigenvalue weighted by Gasteiger charge is -2.29. The minimum Gasteiger partial charge on any atom is -0.338 e. The first-order valence-corrected chi connectivity index (χ1v) is 9.39. The van der Waals surface area contributed by atoms with Crippen LogP contribution < -0.4 is 4.90 Å². The van der Waals surface area contributed by atoms with E-state index in [1.54, 1.807) is 0 Å². The minimum absolute atomic E-state index is 0.0149. The fraction of sp³-hybridized carbons (Fsp3) is 0.364. The van der Waals surface area contributed by atoms with Crippen molar-refractivity contribution >= 4 is 17.5 Å². The van der Waals surface area contributed by atoms with Gasteiger partial charge in [-0.1, -0.05) is 48.5 Å². The number of para-hydroxylation sites is 1. The van der Waals surface area contributed by atoms with Gasteiger partial charge in [0, 0.05) is 25.3 Å². The molecule has 2 aromatic rings. The summed E-state index contributed by atoms with van der Waals surface area (Å²) in [6.45, 7) is 3.83. The fourth-order valence-electron chi connectivity index (χ4n) is 3.89. The molecular weight excluding hydrogens is 324 g/mol. The molecule has 0 radical (unpaired) electrons. The van der Waals surface area contributed by atoms with Crippen molar-refractivity contribution in [3.63, 3.8) is 0 Å². The Morgan fingerprint density at radius 1 is 1.04 bits per heavy atom. The molecule has 2 amide bonds. The molecule has 1 fully saturated rings. The van der Waals surface area contributed by atoms with E-state index >= 15 is 0 Å². The zero-order valence-corrected chi connectivity index (χ0v) is 15.1. The summed E-state index contributed by atoms with van der Waals surface area (Å²) < 4.78 is 0. The molecule has 0 saturated heterocycles. The topological polar surface area (TPSA) is 40.6 Å². The Hall–Kier alpha value is -2.62. The number of nitrogens with zero attached hydrogens (tertiary/aromatic N) is 2. The maximum atomic E-state index is 13.3. The second-order valence-electron chi connectivity index (χ2n) is 7.22. The largest absolute Gasteiger partial charge is 0.338 e. The number of fused-ring (bicyclic) bond motifs is 1. The Morgan fingerprint density at radius 3 is 2.42 bits per heavy atom. The zero-order chi connectivity index (χ0) is 18.1. The molecule has 4 rings (SSSR count). The van der Waals surface area contributed by atoms with Crippen LogP contribution in [0, 0.1) is 5.41 Å². The van der Waals surface area contributed by atoms with Crippen molar-refractivity contribution in [2.75, 3.05) is 18.0 Å². The van der Waals surface area contributed by atoms with Crippen molar-refractivity contribution in [2.45, 2.75) is 32.7 Å². The molecule has 134 valence electrons. The molecule has 1 aliphatic heterocycles. The van der Waals surface area contributed by atoms with Crippen LogP contribution in [-0.2, 0) is 22.6 Å². The van der Waals surface area contributed by atoms with Gasteiger partial charge >= 0.3 is 0 Å². The fourth-order valence-corrected chi connectivity index (χ4v) is 3.89. The van der Waals surface area contributed by atoms with Gasteiger partial charge in [0.2, 0.25) is 11.8 Å². The van der Waals surface area contributed by atoms with Crippen LogP contribution in [0.2, 0.25) is 0 Å². The van der Waals surface area contributed by atoms with Crippen molar-refractivity contribution < 1.29 is 9.59 Å². The van der Waals surface area contributed by atoms with E-state index in [4.69, 9.17) is 0 Å². The molecule has 0 spiro atoms. The second kappa shape index (κ2) is 6.60. The van der Waals surface area contributed by atoms with Gasteiger partial charge < -0.3 is 9.80 Å². The SMILES string of the molecule is CCN(Cc1ccccc1)C(=O)C1(C(=O)N2CCc3ccccc32)CC1. The predicted molar refractivity (Wildman–Crippen MR) is 102 cm³/mol. The molecular formula is C22H24N2O2. The number of anilines is 1. The zero-order valence-electron chi connectivity index (χ0n) is 15.1. The van der Waals surface area contributed by atoms with Crippen LogP contribution in [0.1, 0.15) is 30.9 Å². The molecule has 2 aromatic carbocycles. The number of rotatable bonds is 5. The highest BCUT2D eigenvalue weighted by Crippen LogP contribution is 2.50. The van der Waals surface area contributed by atoms with E-state index in [2.05, 4.69) is 6.07 Å². The Morgan fingerprint density at radius 2 is 1.73 bits per heavy atom. The average molecular weight is 348 g/mol. The monoisotopic (exact) mass is 348 g/mol. The molecule has 0 atom stereocenters. The van der Waals surface area contributed by atoms with E-state index in [9.17, 15) is 9.59 Å². The number of carbonyl (C=O) groups excluding carboxylic acids is 2. The summed E-state index contributed by atoms with van der Waals surface area (Å²) in [5.74, 6) is -0.0304. The molecule has 1 heterocycles. The van der Waals surface area contributed by atoms with E-state index in [-0.39, 0.29) is 11.8 Å². The van der Waals surface area contributed by atoms with E-state index < -0.39 is 5.41 Å². The Kier molecular flexibility index (Phi) is 4.27. The second-order valence-corrected chi connectivity index (χ2v) is 7.22. The van der Waals surface area contributed by atoms with Crippen molar-refractivity contribution in [3.8, 4) is 0 Å². The third kappa shape index (κ3) is 2.79. The minimum atomic E-state index is -0.845. The third-order valence-electron chi connectivity index (χ3n) is 5.59. The summed E-state index contributed by atoms with van der Waals surface area (Å²) in [4.78, 5) is 30.2. The highest BCUT2D eigenvalue weighted by molar-refractivity contribution is 6.14. The van der Waals surface area contributed by atoms with Crippen molar-refractivity contribution in [3.05, 3.63) is 65.7 Å². The third-order valence-corrected chi connectivity index (χ3v) is 5.59. The van der Waals surface area contributed by atoms with Gasteiger partial charge in [0.1, 0.15) is 5.41 Å². The van der Waals surface area contributed by atoms with Crippen LogP contribution in [0.15, 0.2) is 54.6 Å². The molecule has 2 aliphatic rings. The lowest BCUT2D eigenvalue weighted by atomic mass is 10.0. The molecule has 0 bridgehead atoms. The van der Waals surface area contributed by atoms with Crippen molar-refractivity contribution in [2.24, 2.45) is 5.41 Å². The number of benzene rings is 2. The number of hydrogen-bond acceptors (Lipinski definition) is 2. The van der Waals surface area contributed by atoms with Crippen LogP contribution in [0.4, 0.5) is 5.69 Å². The number of amides is 2. The normalized spacial score (nSPS) is 16.9. The highest BCUT2D eigenvalue weighted by Gasteiger charge is 2.59. The summed E-state index contributed by atoms with van der Waals surface area (Å²) in [6.07, 6.45) is 2.19. The van der Waals surface area contributed by atoms with Gasteiger partial charge in [0.25, 0.3) is 0 Å². The van der Waals surface area contributed by atoms with E-state index in [0.717, 1.165) is 17.7 Å². The molecule has 0 N–H and O–H groups in total. The average Bonchev–Trinajstić information content (AvgIpc) is 3.39. The molecule has 26 heavy (non-hydrogen) atoms. The van der Waals surface area contributed by atoms with E-state index in [1.807, 2.05) is 65.3 Å². The molecule has 1 aliphatic carbocycles. The molecule has 4 nitrogen and oxygen atoms in total. The first-order chi connectivity index (χ1) is 12.7. The Bertz CT molecular complexity index is 827. The maximum absolute atomic E-state index is 13.3. The summed E-state index contributed by atoms with van der Waals surface area (Å²) in [5, 5.41) is 0. The lowest BCUT2D eigenvalue weighted by molar-refractivity contribution is -0.143. The van der Waals surface area contributed by atoms with Crippen LogP contribution in [0.3, 0.4) is 0 Å². The van der Waals surface area contributed by atoms with E-state index in [1.165, 1.54) is 5.56 Å². The first-order valence-electron chi connectivity index (χ1n) is 9.39.